The second kappa shape index (κ2) is 6.99. The molecule has 0 bridgehead atoms. The maximum Gasteiger partial charge on any atom is 0.174 e. The summed E-state index contributed by atoms with van der Waals surface area (Å²) in [7, 11) is 3.34. The van der Waals surface area contributed by atoms with E-state index in [1.54, 1.807) is 29.4 Å². The number of methoxy groups -OCH3 is 1. The number of aliphatic hydroxyl groups is 1. The van der Waals surface area contributed by atoms with Crippen LogP contribution in [0.15, 0.2) is 24.8 Å². The van der Waals surface area contributed by atoms with Crippen LogP contribution in [-0.2, 0) is 13.5 Å². The third-order valence-corrected chi connectivity index (χ3v) is 4.90. The maximum absolute atomic E-state index is 9.70. The monoisotopic (exact) mass is 397 g/mol. The molecule has 3 aromatic heterocycles. The molecule has 0 unspecified atom stereocenters. The highest BCUT2D eigenvalue weighted by Gasteiger charge is 2.26. The summed E-state index contributed by atoms with van der Waals surface area (Å²) < 4.78 is 9.03. The number of benzene rings is 1. The van der Waals surface area contributed by atoms with Crippen molar-refractivity contribution in [1.82, 2.24) is 29.3 Å². The van der Waals surface area contributed by atoms with Crippen molar-refractivity contribution in [3.05, 3.63) is 41.2 Å². The van der Waals surface area contributed by atoms with E-state index in [0.29, 0.717) is 56.7 Å². The fraction of sp³-hybridized carbons (Fsp3) is 0.222. The molecule has 0 fully saturated rings. The van der Waals surface area contributed by atoms with Gasteiger partial charge in [0.25, 0.3) is 0 Å². The number of aromatic amines is 1. The van der Waals surface area contributed by atoms with Crippen molar-refractivity contribution in [3.63, 3.8) is 0 Å². The van der Waals surface area contributed by atoms with Gasteiger partial charge in [-0.1, -0.05) is 11.6 Å². The van der Waals surface area contributed by atoms with Crippen LogP contribution >= 0.6 is 11.6 Å². The van der Waals surface area contributed by atoms with E-state index in [9.17, 15) is 5.26 Å². The number of H-pyrrole nitrogens is 1. The van der Waals surface area contributed by atoms with Crippen molar-refractivity contribution in [2.24, 2.45) is 7.05 Å². The summed E-state index contributed by atoms with van der Waals surface area (Å²) in [6, 6.07) is 3.83. The third-order valence-electron chi connectivity index (χ3n) is 4.53. The summed E-state index contributed by atoms with van der Waals surface area (Å²) in [5.74, 6) is 1.39. The van der Waals surface area contributed by atoms with Gasteiger partial charge in [0, 0.05) is 37.3 Å². The lowest BCUT2D eigenvalue weighted by molar-refractivity contribution is 0.297. The number of hydrogen-bond acceptors (Lipinski definition) is 6. The number of halogens is 1. The molecule has 0 radical (unpaired) electrons. The van der Waals surface area contributed by atoms with Gasteiger partial charge in [-0.15, -0.1) is 0 Å². The normalized spacial score (nSPS) is 11.1. The Hall–Kier alpha value is -3.35. The Morgan fingerprint density at radius 3 is 2.89 bits per heavy atom. The van der Waals surface area contributed by atoms with Gasteiger partial charge in [-0.25, -0.2) is 9.97 Å². The molecule has 0 amide bonds. The first kappa shape index (κ1) is 18.0. The first-order valence-corrected chi connectivity index (χ1v) is 8.78. The number of aryl methyl sites for hydroxylation is 1. The number of aromatic nitrogens is 6. The largest absolute Gasteiger partial charge is 0.495 e. The lowest BCUT2D eigenvalue weighted by Gasteiger charge is -2.08. The van der Waals surface area contributed by atoms with E-state index in [0.717, 1.165) is 0 Å². The number of fused-ring (bicyclic) bond motifs is 1. The molecule has 1 aromatic carbocycles. The van der Waals surface area contributed by atoms with Gasteiger partial charge in [-0.05, 0) is 0 Å². The van der Waals surface area contributed by atoms with Crippen LogP contribution in [0.2, 0.25) is 5.02 Å². The lowest BCUT2D eigenvalue weighted by atomic mass is 10.1. The summed E-state index contributed by atoms with van der Waals surface area (Å²) in [6.07, 6.45) is 5.41. The van der Waals surface area contributed by atoms with Crippen molar-refractivity contribution >= 4 is 22.5 Å². The van der Waals surface area contributed by atoms with Gasteiger partial charge in [0.15, 0.2) is 11.6 Å². The number of nitrogens with one attached hydrogen (secondary N) is 1. The van der Waals surface area contributed by atoms with Crippen LogP contribution in [0.3, 0.4) is 0 Å². The maximum atomic E-state index is 9.70. The van der Waals surface area contributed by atoms with Crippen LogP contribution in [0.25, 0.3) is 28.1 Å². The SMILES string of the molecule is COc1cc(C#N)c2c(c1Cl)c(-n1ccnc1)c(-c1nc(CCO)n[nH]1)n2C. The van der Waals surface area contributed by atoms with E-state index in [1.807, 2.05) is 11.6 Å². The van der Waals surface area contributed by atoms with Gasteiger partial charge in [-0.2, -0.15) is 10.4 Å². The van der Waals surface area contributed by atoms with E-state index in [1.165, 1.54) is 7.11 Å². The number of nitriles is 1. The number of hydrogen-bond donors (Lipinski definition) is 2. The molecule has 3 heterocycles. The zero-order valence-electron chi connectivity index (χ0n) is 15.1. The highest BCUT2D eigenvalue weighted by atomic mass is 35.5. The minimum absolute atomic E-state index is 0.0532. The van der Waals surface area contributed by atoms with Gasteiger partial charge in [0.2, 0.25) is 0 Å². The highest BCUT2D eigenvalue weighted by Crippen LogP contribution is 2.43. The molecule has 142 valence electrons. The van der Waals surface area contributed by atoms with Gasteiger partial charge in [-0.3, -0.25) is 5.10 Å². The first-order chi connectivity index (χ1) is 13.6. The lowest BCUT2D eigenvalue weighted by Crippen LogP contribution is -1.99. The molecule has 0 saturated heterocycles. The van der Waals surface area contributed by atoms with E-state index in [4.69, 9.17) is 21.4 Å². The summed E-state index contributed by atoms with van der Waals surface area (Å²) in [4.78, 5) is 8.62. The molecular formula is C18H16ClN7O2. The zero-order valence-corrected chi connectivity index (χ0v) is 15.9. The Morgan fingerprint density at radius 1 is 1.43 bits per heavy atom. The van der Waals surface area contributed by atoms with Crippen molar-refractivity contribution < 1.29 is 9.84 Å². The van der Waals surface area contributed by atoms with E-state index < -0.39 is 0 Å². The van der Waals surface area contributed by atoms with Gasteiger partial charge in [0.05, 0.1) is 41.8 Å². The molecule has 4 rings (SSSR count). The van der Waals surface area contributed by atoms with E-state index in [2.05, 4.69) is 26.2 Å². The summed E-state index contributed by atoms with van der Waals surface area (Å²) in [5, 5.41) is 27.0. The van der Waals surface area contributed by atoms with Crippen molar-refractivity contribution in [3.8, 4) is 29.0 Å². The number of rotatable bonds is 5. The molecule has 28 heavy (non-hydrogen) atoms. The van der Waals surface area contributed by atoms with Crippen LogP contribution in [0.1, 0.15) is 11.4 Å². The Bertz CT molecular complexity index is 1200. The Kier molecular flexibility index (Phi) is 4.50. The molecule has 9 nitrogen and oxygen atoms in total. The van der Waals surface area contributed by atoms with Gasteiger partial charge < -0.3 is 19.0 Å². The van der Waals surface area contributed by atoms with E-state index >= 15 is 0 Å². The molecule has 0 saturated carbocycles. The van der Waals surface area contributed by atoms with Crippen molar-refractivity contribution in [1.29, 1.82) is 5.26 Å². The highest BCUT2D eigenvalue weighted by molar-refractivity contribution is 6.38. The molecule has 10 heteroatoms. The minimum Gasteiger partial charge on any atom is -0.495 e. The molecule has 2 N–H and O–H groups in total. The standard InChI is InChI=1S/C18H16ClN7O2/c1-25-15-10(8-20)7-11(28-2)14(19)13(15)16(26-5-4-21-9-26)17(25)18-22-12(3-6-27)23-24-18/h4-5,7,9,27H,3,6H2,1-2H3,(H,22,23,24). The van der Waals surface area contributed by atoms with E-state index in [-0.39, 0.29) is 6.61 Å². The van der Waals surface area contributed by atoms with Crippen LogP contribution in [0.4, 0.5) is 0 Å². The number of nitrogens with zero attached hydrogens (tertiary/aromatic N) is 6. The Balaban J connectivity index is 2.15. The van der Waals surface area contributed by atoms with Crippen LogP contribution in [0, 0.1) is 11.3 Å². The fourth-order valence-corrected chi connectivity index (χ4v) is 3.65. The second-order valence-corrected chi connectivity index (χ2v) is 6.45. The molecule has 0 aliphatic heterocycles. The molecule has 0 aliphatic rings. The Labute approximate surface area is 164 Å². The van der Waals surface area contributed by atoms with Gasteiger partial charge >= 0.3 is 0 Å². The summed E-state index contributed by atoms with van der Waals surface area (Å²) in [5.41, 5.74) is 2.44. The van der Waals surface area contributed by atoms with Crippen molar-refractivity contribution in [2.75, 3.05) is 13.7 Å². The van der Waals surface area contributed by atoms with Crippen LogP contribution in [-0.4, -0.2) is 48.1 Å². The summed E-state index contributed by atoms with van der Waals surface area (Å²) in [6.45, 7) is -0.0532. The quantitative estimate of drug-likeness (QED) is 0.533. The molecular weight excluding hydrogens is 382 g/mol. The molecule has 0 atom stereocenters. The molecule has 4 aromatic rings. The van der Waals surface area contributed by atoms with Crippen LogP contribution < -0.4 is 4.74 Å². The average Bonchev–Trinajstić information content (AvgIpc) is 3.42. The predicted molar refractivity (Wildman–Crippen MR) is 102 cm³/mol. The predicted octanol–water partition coefficient (Wildman–Crippen LogP) is 2.22. The first-order valence-electron chi connectivity index (χ1n) is 8.40. The summed E-state index contributed by atoms with van der Waals surface area (Å²) >= 11 is 6.66. The molecule has 0 spiro atoms. The topological polar surface area (TPSA) is 118 Å². The Morgan fingerprint density at radius 2 is 2.25 bits per heavy atom. The number of aliphatic hydroxyl groups excluding tert-OH is 1. The third kappa shape index (κ3) is 2.62. The average molecular weight is 398 g/mol. The van der Waals surface area contributed by atoms with Gasteiger partial charge in [0.1, 0.15) is 17.5 Å². The van der Waals surface area contributed by atoms with Crippen molar-refractivity contribution in [2.45, 2.75) is 6.42 Å². The minimum atomic E-state index is -0.0532. The second-order valence-electron chi connectivity index (χ2n) is 6.08. The van der Waals surface area contributed by atoms with Crippen LogP contribution in [0.5, 0.6) is 5.75 Å². The molecule has 0 aliphatic carbocycles. The number of ether oxygens (including phenoxy) is 1. The smallest absolute Gasteiger partial charge is 0.174 e. The fourth-order valence-electron chi connectivity index (χ4n) is 3.34. The number of imidazole rings is 1. The zero-order chi connectivity index (χ0) is 19.8.